The summed E-state index contributed by atoms with van der Waals surface area (Å²) >= 11 is 0. The fourth-order valence-corrected chi connectivity index (χ4v) is 5.13. The fourth-order valence-electron chi connectivity index (χ4n) is 5.13. The fraction of sp³-hybridized carbons (Fsp3) is 0.750. The summed E-state index contributed by atoms with van der Waals surface area (Å²) in [5.41, 5.74) is 3.96. The molecule has 3 rings (SSSR count). The summed E-state index contributed by atoms with van der Waals surface area (Å²) < 4.78 is 0. The number of rotatable bonds is 8. The number of benzene rings is 1. The summed E-state index contributed by atoms with van der Waals surface area (Å²) in [5, 5.41) is 20.1. The molecule has 0 saturated heterocycles. The van der Waals surface area contributed by atoms with E-state index in [1.54, 1.807) is 0 Å². The van der Waals surface area contributed by atoms with Gasteiger partial charge in [0.2, 0.25) is 0 Å². The minimum absolute atomic E-state index is 0.316. The largest absolute Gasteiger partial charge is 0.507 e. The highest BCUT2D eigenvalue weighted by Crippen LogP contribution is 2.44. The summed E-state index contributed by atoms with van der Waals surface area (Å²) in [6.07, 6.45) is 18.5. The topological polar surface area (TPSA) is 40.5 Å². The molecule has 2 heteroatoms. The Bertz CT molecular complexity index is 500. The van der Waals surface area contributed by atoms with E-state index >= 15 is 0 Å². The molecule has 26 heavy (non-hydrogen) atoms. The highest BCUT2D eigenvalue weighted by molar-refractivity contribution is 5.47. The zero-order chi connectivity index (χ0) is 18.2. The molecule has 0 radical (unpaired) electrons. The van der Waals surface area contributed by atoms with Gasteiger partial charge in [0.15, 0.2) is 0 Å². The Labute approximate surface area is 160 Å². The summed E-state index contributed by atoms with van der Waals surface area (Å²) in [6, 6.07) is 4.67. The number of hydrogen-bond donors (Lipinski definition) is 2. The Balaban J connectivity index is 1.78. The van der Waals surface area contributed by atoms with Crippen LogP contribution in [0.2, 0.25) is 0 Å². The van der Waals surface area contributed by atoms with E-state index < -0.39 is 0 Å². The summed E-state index contributed by atoms with van der Waals surface area (Å²) in [7, 11) is 0. The van der Waals surface area contributed by atoms with Crippen molar-refractivity contribution in [1.82, 2.24) is 0 Å². The van der Waals surface area contributed by atoms with Gasteiger partial charge < -0.3 is 10.2 Å². The van der Waals surface area contributed by atoms with E-state index in [1.165, 1.54) is 93.7 Å². The number of aryl methyl sites for hydroxylation is 1. The molecule has 2 saturated carbocycles. The van der Waals surface area contributed by atoms with E-state index in [0.29, 0.717) is 24.2 Å². The smallest absolute Gasteiger partial charge is 0.122 e. The first-order valence-electron chi connectivity index (χ1n) is 11.3. The molecule has 2 aliphatic rings. The second kappa shape index (κ2) is 10.3. The maximum atomic E-state index is 11.1. The highest BCUT2D eigenvalue weighted by Gasteiger charge is 2.25. The van der Waals surface area contributed by atoms with E-state index in [1.807, 2.05) is 0 Å². The monoisotopic (exact) mass is 358 g/mol. The molecule has 0 aliphatic heterocycles. The highest BCUT2D eigenvalue weighted by atomic mass is 16.3. The average Bonchev–Trinajstić information content (AvgIpc) is 2.70. The van der Waals surface area contributed by atoms with Gasteiger partial charge in [0, 0.05) is 6.61 Å². The van der Waals surface area contributed by atoms with Crippen molar-refractivity contribution in [3.63, 3.8) is 0 Å². The van der Waals surface area contributed by atoms with Gasteiger partial charge in [0.25, 0.3) is 0 Å². The molecule has 146 valence electrons. The second-order valence-electron chi connectivity index (χ2n) is 8.68. The van der Waals surface area contributed by atoms with Gasteiger partial charge in [0.1, 0.15) is 5.75 Å². The molecule has 2 nitrogen and oxygen atoms in total. The van der Waals surface area contributed by atoms with Crippen LogP contribution in [0.3, 0.4) is 0 Å². The summed E-state index contributed by atoms with van der Waals surface area (Å²) in [6.45, 7) is 0.316. The summed E-state index contributed by atoms with van der Waals surface area (Å²) in [5.74, 6) is 1.79. The average molecular weight is 359 g/mol. The van der Waals surface area contributed by atoms with Gasteiger partial charge in [-0.25, -0.2) is 0 Å². The predicted molar refractivity (Wildman–Crippen MR) is 109 cm³/mol. The van der Waals surface area contributed by atoms with Crippen LogP contribution in [-0.2, 0) is 6.42 Å². The molecule has 0 atom stereocenters. The van der Waals surface area contributed by atoms with Crippen LogP contribution in [0.5, 0.6) is 5.75 Å². The number of hydrogen-bond acceptors (Lipinski definition) is 2. The van der Waals surface area contributed by atoms with Crippen LogP contribution in [0.1, 0.15) is 118 Å². The zero-order valence-electron chi connectivity index (χ0n) is 16.5. The van der Waals surface area contributed by atoms with Crippen molar-refractivity contribution in [2.45, 2.75) is 108 Å². The third-order valence-corrected chi connectivity index (χ3v) is 6.69. The molecule has 0 spiro atoms. The molecule has 1 aromatic carbocycles. The molecule has 2 fully saturated rings. The molecular weight excluding hydrogens is 320 g/mol. The first kappa shape index (κ1) is 19.7. The first-order valence-corrected chi connectivity index (χ1v) is 11.3. The van der Waals surface area contributed by atoms with Crippen molar-refractivity contribution in [1.29, 1.82) is 0 Å². The lowest BCUT2D eigenvalue weighted by Gasteiger charge is -2.28. The van der Waals surface area contributed by atoms with Crippen molar-refractivity contribution < 1.29 is 10.2 Å². The Kier molecular flexibility index (Phi) is 7.85. The van der Waals surface area contributed by atoms with Crippen molar-refractivity contribution in [3.8, 4) is 5.75 Å². The van der Waals surface area contributed by atoms with Crippen molar-refractivity contribution in [3.05, 3.63) is 28.8 Å². The van der Waals surface area contributed by atoms with E-state index in [9.17, 15) is 5.11 Å². The van der Waals surface area contributed by atoms with E-state index in [4.69, 9.17) is 5.11 Å². The van der Waals surface area contributed by atoms with Gasteiger partial charge in [-0.05, 0) is 73.5 Å². The minimum Gasteiger partial charge on any atom is -0.507 e. The van der Waals surface area contributed by atoms with Crippen molar-refractivity contribution >= 4 is 0 Å². The number of phenolic OH excluding ortho intramolecular Hbond substituents is 1. The van der Waals surface area contributed by atoms with Crippen LogP contribution >= 0.6 is 0 Å². The van der Waals surface area contributed by atoms with Gasteiger partial charge in [-0.2, -0.15) is 0 Å². The Morgan fingerprint density at radius 2 is 1.19 bits per heavy atom. The standard InChI is InChI=1S/C24H38O2/c25-16-10-2-1-5-11-19-17-22(20-12-6-3-7-13-20)24(26)23(18-19)21-14-8-4-9-15-21/h17-18,20-21,25-26H,1-16H2. The maximum Gasteiger partial charge on any atom is 0.122 e. The maximum absolute atomic E-state index is 11.1. The third-order valence-electron chi connectivity index (χ3n) is 6.69. The lowest BCUT2D eigenvalue weighted by molar-refractivity contribution is 0.282. The van der Waals surface area contributed by atoms with Gasteiger partial charge in [0.05, 0.1) is 0 Å². The van der Waals surface area contributed by atoms with Crippen molar-refractivity contribution in [2.24, 2.45) is 0 Å². The van der Waals surface area contributed by atoms with Crippen LogP contribution in [0.4, 0.5) is 0 Å². The van der Waals surface area contributed by atoms with Gasteiger partial charge in [-0.1, -0.05) is 63.5 Å². The van der Waals surface area contributed by atoms with Crippen LogP contribution < -0.4 is 0 Å². The SMILES string of the molecule is OCCCCCCc1cc(C2CCCCC2)c(O)c(C2CCCCC2)c1. The summed E-state index contributed by atoms with van der Waals surface area (Å²) in [4.78, 5) is 0. The van der Waals surface area contributed by atoms with E-state index in [0.717, 1.165) is 19.3 Å². The van der Waals surface area contributed by atoms with Crippen LogP contribution in [0.25, 0.3) is 0 Å². The normalized spacial score (nSPS) is 19.7. The number of unbranched alkanes of at least 4 members (excludes halogenated alkanes) is 3. The van der Waals surface area contributed by atoms with Crippen LogP contribution in [0.15, 0.2) is 12.1 Å². The molecule has 2 aliphatic carbocycles. The molecule has 0 unspecified atom stereocenters. The number of phenols is 1. The Morgan fingerprint density at radius 3 is 1.69 bits per heavy atom. The third kappa shape index (κ3) is 5.25. The molecule has 0 heterocycles. The first-order chi connectivity index (χ1) is 12.8. The van der Waals surface area contributed by atoms with Crippen LogP contribution in [0, 0.1) is 0 Å². The lowest BCUT2D eigenvalue weighted by atomic mass is 9.78. The number of aromatic hydroxyl groups is 1. The van der Waals surface area contributed by atoms with Gasteiger partial charge in [-0.15, -0.1) is 0 Å². The molecule has 0 amide bonds. The lowest BCUT2D eigenvalue weighted by Crippen LogP contribution is -2.10. The predicted octanol–water partition coefficient (Wildman–Crippen LogP) is 6.58. The quantitative estimate of drug-likeness (QED) is 0.515. The molecule has 1 aromatic rings. The van der Waals surface area contributed by atoms with Crippen molar-refractivity contribution in [2.75, 3.05) is 6.61 Å². The minimum atomic E-state index is 0.316. The van der Waals surface area contributed by atoms with E-state index in [2.05, 4.69) is 12.1 Å². The molecule has 0 aromatic heterocycles. The zero-order valence-corrected chi connectivity index (χ0v) is 16.5. The Morgan fingerprint density at radius 1 is 0.692 bits per heavy atom. The van der Waals surface area contributed by atoms with Gasteiger partial charge in [-0.3, -0.25) is 0 Å². The molecule has 0 bridgehead atoms. The van der Waals surface area contributed by atoms with E-state index in [-0.39, 0.29) is 0 Å². The number of aliphatic hydroxyl groups excluding tert-OH is 1. The molecular formula is C24H38O2. The van der Waals surface area contributed by atoms with Gasteiger partial charge >= 0.3 is 0 Å². The second-order valence-corrected chi connectivity index (χ2v) is 8.68. The van der Waals surface area contributed by atoms with Crippen LogP contribution in [-0.4, -0.2) is 16.8 Å². The Hall–Kier alpha value is -1.02. The molecule has 2 N–H and O–H groups in total. The number of aliphatic hydroxyl groups is 1.